The van der Waals surface area contributed by atoms with Gasteiger partial charge in [0.15, 0.2) is 0 Å². The van der Waals surface area contributed by atoms with Crippen molar-refractivity contribution in [3.63, 3.8) is 0 Å². The highest BCUT2D eigenvalue weighted by Gasteiger charge is 2.50. The third kappa shape index (κ3) is 3.05. The summed E-state index contributed by atoms with van der Waals surface area (Å²) in [6, 6.07) is 6.26. The monoisotopic (exact) mass is 382 g/mol. The van der Waals surface area contributed by atoms with Crippen LogP contribution in [0.5, 0.6) is 5.75 Å². The van der Waals surface area contributed by atoms with Crippen LogP contribution in [-0.2, 0) is 19.0 Å². The molecule has 6 heteroatoms. The lowest BCUT2D eigenvalue weighted by molar-refractivity contribution is 0.179. The van der Waals surface area contributed by atoms with Gasteiger partial charge in [-0.2, -0.15) is 5.10 Å². The van der Waals surface area contributed by atoms with Gasteiger partial charge >= 0.3 is 6.03 Å². The number of nitrogens with one attached hydrogen (secondary N) is 1. The first kappa shape index (κ1) is 18.8. The van der Waals surface area contributed by atoms with Crippen LogP contribution in [0.3, 0.4) is 0 Å². The van der Waals surface area contributed by atoms with Gasteiger partial charge in [-0.1, -0.05) is 13.0 Å². The molecule has 4 rings (SSSR count). The van der Waals surface area contributed by atoms with Gasteiger partial charge in [-0.15, -0.1) is 0 Å². The lowest BCUT2D eigenvalue weighted by atomic mass is 9.87. The largest absolute Gasteiger partial charge is 0.497 e. The van der Waals surface area contributed by atoms with Gasteiger partial charge in [0.25, 0.3) is 0 Å². The van der Waals surface area contributed by atoms with Crippen molar-refractivity contribution in [3.8, 4) is 5.75 Å². The van der Waals surface area contributed by atoms with Crippen molar-refractivity contribution in [2.45, 2.75) is 58.0 Å². The van der Waals surface area contributed by atoms with E-state index in [0.29, 0.717) is 6.54 Å². The van der Waals surface area contributed by atoms with Crippen molar-refractivity contribution in [2.75, 3.05) is 13.7 Å². The van der Waals surface area contributed by atoms with Crippen LogP contribution in [0.1, 0.15) is 60.3 Å². The van der Waals surface area contributed by atoms with Crippen LogP contribution in [0.15, 0.2) is 18.2 Å². The molecule has 28 heavy (non-hydrogen) atoms. The molecule has 1 atom stereocenters. The Morgan fingerprint density at radius 3 is 2.68 bits per heavy atom. The van der Waals surface area contributed by atoms with Crippen LogP contribution in [0.2, 0.25) is 0 Å². The maximum atomic E-state index is 13.2. The second kappa shape index (κ2) is 6.83. The molecule has 1 unspecified atom stereocenters. The summed E-state index contributed by atoms with van der Waals surface area (Å²) in [4.78, 5) is 15.2. The van der Waals surface area contributed by atoms with Crippen LogP contribution in [0, 0.1) is 13.8 Å². The predicted octanol–water partition coefficient (Wildman–Crippen LogP) is 3.75. The molecule has 0 radical (unpaired) electrons. The fourth-order valence-electron chi connectivity index (χ4n) is 4.66. The van der Waals surface area contributed by atoms with E-state index in [1.54, 1.807) is 7.11 Å². The number of ether oxygens (including phenoxy) is 1. The van der Waals surface area contributed by atoms with E-state index in [9.17, 15) is 4.79 Å². The Kier molecular flexibility index (Phi) is 4.60. The average molecular weight is 383 g/mol. The van der Waals surface area contributed by atoms with Crippen LogP contribution >= 0.6 is 0 Å². The van der Waals surface area contributed by atoms with Gasteiger partial charge in [-0.05, 0) is 56.4 Å². The fourth-order valence-corrected chi connectivity index (χ4v) is 4.66. The molecule has 2 heterocycles. The number of carbonyl (C=O) groups excluding carboxylic acids is 1. The van der Waals surface area contributed by atoms with Crippen molar-refractivity contribution in [1.82, 2.24) is 20.0 Å². The number of aryl methyl sites for hydroxylation is 2. The Morgan fingerprint density at radius 2 is 2.11 bits per heavy atom. The molecule has 1 spiro atoms. The summed E-state index contributed by atoms with van der Waals surface area (Å²) in [6.45, 7) is 7.61. The first-order valence-electron chi connectivity index (χ1n) is 10.1. The van der Waals surface area contributed by atoms with Gasteiger partial charge < -0.3 is 15.0 Å². The molecule has 1 aliphatic carbocycles. The molecule has 1 N–H and O–H groups in total. The molecule has 1 fully saturated rings. The zero-order valence-electron chi connectivity index (χ0n) is 17.5. The van der Waals surface area contributed by atoms with E-state index >= 15 is 0 Å². The minimum absolute atomic E-state index is 0.0160. The molecule has 2 amide bonds. The highest BCUT2D eigenvalue weighted by atomic mass is 16.5. The van der Waals surface area contributed by atoms with E-state index in [0.717, 1.165) is 48.5 Å². The third-order valence-electron chi connectivity index (χ3n) is 6.50. The Balaban J connectivity index is 1.55. The molecule has 0 saturated heterocycles. The summed E-state index contributed by atoms with van der Waals surface area (Å²) in [7, 11) is 3.66. The molecule has 150 valence electrons. The molecule has 1 aromatic heterocycles. The van der Waals surface area contributed by atoms with Crippen LogP contribution in [0.25, 0.3) is 0 Å². The quantitative estimate of drug-likeness (QED) is 0.876. The molecule has 1 aromatic carbocycles. The Morgan fingerprint density at radius 1 is 1.36 bits per heavy atom. The van der Waals surface area contributed by atoms with Crippen molar-refractivity contribution in [1.29, 1.82) is 0 Å². The van der Waals surface area contributed by atoms with Gasteiger partial charge in [0.2, 0.25) is 0 Å². The number of nitrogens with zero attached hydrogens (tertiary/aromatic N) is 3. The van der Waals surface area contributed by atoms with Crippen molar-refractivity contribution >= 4 is 6.03 Å². The summed E-state index contributed by atoms with van der Waals surface area (Å²) in [6.07, 6.45) is 3.11. The minimum atomic E-state index is -0.0198. The lowest BCUT2D eigenvalue weighted by Gasteiger charge is -2.36. The number of rotatable bonds is 4. The van der Waals surface area contributed by atoms with Crippen molar-refractivity contribution in [2.24, 2.45) is 7.05 Å². The summed E-state index contributed by atoms with van der Waals surface area (Å²) in [5, 5.41) is 7.79. The lowest BCUT2D eigenvalue weighted by Crippen LogP contribution is -2.47. The normalized spacial score (nSPS) is 18.0. The summed E-state index contributed by atoms with van der Waals surface area (Å²) >= 11 is 0. The van der Waals surface area contributed by atoms with E-state index in [2.05, 4.69) is 36.4 Å². The second-order valence-electron chi connectivity index (χ2n) is 8.28. The van der Waals surface area contributed by atoms with E-state index in [4.69, 9.17) is 4.74 Å². The Labute approximate surface area is 166 Å². The second-order valence-corrected chi connectivity index (χ2v) is 8.28. The van der Waals surface area contributed by atoms with Gasteiger partial charge in [0.1, 0.15) is 5.75 Å². The molecule has 2 aliphatic rings. The molecule has 2 aromatic rings. The maximum Gasteiger partial charge on any atom is 0.318 e. The van der Waals surface area contributed by atoms with Crippen LogP contribution in [0.4, 0.5) is 4.79 Å². The van der Waals surface area contributed by atoms with Crippen molar-refractivity contribution in [3.05, 3.63) is 46.3 Å². The van der Waals surface area contributed by atoms with Gasteiger partial charge in [-0.3, -0.25) is 4.68 Å². The Hall–Kier alpha value is -2.50. The average Bonchev–Trinajstić information content (AvgIpc) is 3.40. The number of hydrogen-bond donors (Lipinski definition) is 1. The zero-order valence-corrected chi connectivity index (χ0v) is 17.5. The van der Waals surface area contributed by atoms with Crippen molar-refractivity contribution < 1.29 is 9.53 Å². The van der Waals surface area contributed by atoms with Gasteiger partial charge in [0.05, 0.1) is 18.8 Å². The van der Waals surface area contributed by atoms with Crippen LogP contribution in [-0.4, -0.2) is 34.4 Å². The number of benzene rings is 1. The number of fused-ring (bicyclic) bond motifs is 2. The number of carbonyl (C=O) groups is 1. The predicted molar refractivity (Wildman–Crippen MR) is 109 cm³/mol. The van der Waals surface area contributed by atoms with E-state index in [1.807, 2.05) is 29.6 Å². The highest BCUT2D eigenvalue weighted by Crippen LogP contribution is 2.53. The smallest absolute Gasteiger partial charge is 0.318 e. The molecule has 1 saturated carbocycles. The minimum Gasteiger partial charge on any atom is -0.497 e. The topological polar surface area (TPSA) is 59.4 Å². The summed E-state index contributed by atoms with van der Waals surface area (Å²) < 4.78 is 7.31. The van der Waals surface area contributed by atoms with E-state index in [1.165, 1.54) is 11.1 Å². The standard InChI is InChI=1S/C22H30N4O2/c1-6-19(20-14(2)24-25(4)15(20)3)23-21(27)26-12-16-7-8-17(28-5)11-18(16)22(13-26)9-10-22/h7-8,11,19H,6,9-10,12-13H2,1-5H3,(H,23,27). The molecular formula is C22H30N4O2. The first-order chi connectivity index (χ1) is 13.4. The van der Waals surface area contributed by atoms with Crippen LogP contribution < -0.4 is 10.1 Å². The number of urea groups is 1. The summed E-state index contributed by atoms with van der Waals surface area (Å²) in [5.41, 5.74) is 5.95. The maximum absolute atomic E-state index is 13.2. The fraction of sp³-hybridized carbons (Fsp3) is 0.545. The van der Waals surface area contributed by atoms with Gasteiger partial charge in [-0.25, -0.2) is 4.79 Å². The molecule has 1 aliphatic heterocycles. The molecule has 0 bridgehead atoms. The number of aromatic nitrogens is 2. The van der Waals surface area contributed by atoms with E-state index < -0.39 is 0 Å². The number of hydrogen-bond acceptors (Lipinski definition) is 3. The Bertz CT molecular complexity index is 914. The third-order valence-corrected chi connectivity index (χ3v) is 6.50. The SMILES string of the molecule is CCC(NC(=O)N1Cc2ccc(OC)cc2C2(CC2)C1)c1c(C)nn(C)c1C. The zero-order chi connectivity index (χ0) is 20.1. The number of methoxy groups -OCH3 is 1. The highest BCUT2D eigenvalue weighted by molar-refractivity contribution is 5.76. The van der Waals surface area contributed by atoms with Gasteiger partial charge in [0, 0.05) is 36.8 Å². The molecular weight excluding hydrogens is 352 g/mol. The molecule has 6 nitrogen and oxygen atoms in total. The number of amides is 2. The first-order valence-corrected chi connectivity index (χ1v) is 10.1. The summed E-state index contributed by atoms with van der Waals surface area (Å²) in [5.74, 6) is 0.900. The van der Waals surface area contributed by atoms with E-state index in [-0.39, 0.29) is 17.5 Å².